The van der Waals surface area contributed by atoms with Crippen LogP contribution < -0.4 is 0 Å². The quantitative estimate of drug-likeness (QED) is 0.497. The Morgan fingerprint density at radius 1 is 1.29 bits per heavy atom. The van der Waals surface area contributed by atoms with E-state index in [0.29, 0.717) is 5.92 Å². The van der Waals surface area contributed by atoms with E-state index in [1.165, 1.54) is 25.7 Å². The molecule has 1 aliphatic rings. The lowest BCUT2D eigenvalue weighted by atomic mass is 9.75. The van der Waals surface area contributed by atoms with E-state index in [1.54, 1.807) is 0 Å². The van der Waals surface area contributed by atoms with E-state index in [2.05, 4.69) is 34.6 Å². The molecule has 4 nitrogen and oxygen atoms in total. The Morgan fingerprint density at radius 2 is 2.00 bits per heavy atom. The monoisotopic (exact) mass is 342 g/mol. The van der Waals surface area contributed by atoms with Crippen LogP contribution in [0.4, 0.5) is 0 Å². The lowest BCUT2D eigenvalue weighted by molar-refractivity contribution is -0.424. The van der Waals surface area contributed by atoms with Gasteiger partial charge in [-0.1, -0.05) is 60.3 Å². The number of hydrogen-bond donors (Lipinski definition) is 1. The van der Waals surface area contributed by atoms with E-state index in [0.717, 1.165) is 31.6 Å². The molecule has 1 heterocycles. The Labute approximate surface area is 148 Å². The summed E-state index contributed by atoms with van der Waals surface area (Å²) in [5.74, 6) is 0.841. The second kappa shape index (κ2) is 10.4. The third kappa shape index (κ3) is 6.36. The zero-order valence-corrected chi connectivity index (χ0v) is 16.3. The molecule has 0 bridgehead atoms. The average Bonchev–Trinajstić information content (AvgIpc) is 2.55. The van der Waals surface area contributed by atoms with Crippen molar-refractivity contribution in [1.29, 1.82) is 0 Å². The lowest BCUT2D eigenvalue weighted by Gasteiger charge is -2.44. The SMILES string of the molecule is CCCC(CC)CC(C)CC1(CC)CC(CC)C(CC(=O)O)OO1. The molecule has 1 N–H and O–H groups in total. The minimum atomic E-state index is -0.815. The summed E-state index contributed by atoms with van der Waals surface area (Å²) in [6, 6.07) is 0. The molecular weight excluding hydrogens is 304 g/mol. The average molecular weight is 343 g/mol. The number of rotatable bonds is 11. The standard InChI is InChI=1S/C20H38O4/c1-6-10-16(7-2)11-15(5)13-20(9-4)14-17(8-3)18(23-24-20)12-19(21)22/h15-18H,6-14H2,1-5H3,(H,21,22). The summed E-state index contributed by atoms with van der Waals surface area (Å²) < 4.78 is 0. The second-order valence-electron chi connectivity index (χ2n) is 7.83. The van der Waals surface area contributed by atoms with Gasteiger partial charge in [0.1, 0.15) is 11.7 Å². The summed E-state index contributed by atoms with van der Waals surface area (Å²) in [5.41, 5.74) is -0.250. The van der Waals surface area contributed by atoms with Crippen LogP contribution in [-0.2, 0) is 14.6 Å². The van der Waals surface area contributed by atoms with E-state index < -0.39 is 5.97 Å². The van der Waals surface area contributed by atoms with Crippen LogP contribution in [0.5, 0.6) is 0 Å². The predicted molar refractivity (Wildman–Crippen MR) is 96.7 cm³/mol. The van der Waals surface area contributed by atoms with Gasteiger partial charge < -0.3 is 5.11 Å². The molecule has 1 fully saturated rings. The Kier molecular flexibility index (Phi) is 9.28. The molecule has 24 heavy (non-hydrogen) atoms. The zero-order valence-electron chi connectivity index (χ0n) is 16.3. The fourth-order valence-electron chi connectivity index (χ4n) is 4.32. The maximum atomic E-state index is 11.0. The van der Waals surface area contributed by atoms with E-state index in [9.17, 15) is 4.79 Å². The molecule has 0 amide bonds. The van der Waals surface area contributed by atoms with Crippen molar-refractivity contribution in [2.24, 2.45) is 17.8 Å². The largest absolute Gasteiger partial charge is 0.481 e. The van der Waals surface area contributed by atoms with Gasteiger partial charge in [0.05, 0.1) is 6.42 Å². The highest BCUT2D eigenvalue weighted by Crippen LogP contribution is 2.41. The van der Waals surface area contributed by atoms with Crippen LogP contribution >= 0.6 is 0 Å². The molecule has 0 radical (unpaired) electrons. The minimum absolute atomic E-state index is 0.0300. The first-order chi connectivity index (χ1) is 11.4. The number of carbonyl (C=O) groups is 1. The Hall–Kier alpha value is -0.610. The highest BCUT2D eigenvalue weighted by Gasteiger charge is 2.43. The smallest absolute Gasteiger partial charge is 0.306 e. The summed E-state index contributed by atoms with van der Waals surface area (Å²) in [6.45, 7) is 11.1. The maximum absolute atomic E-state index is 11.0. The van der Waals surface area contributed by atoms with Gasteiger partial charge in [-0.15, -0.1) is 0 Å². The molecule has 0 spiro atoms. The normalized spacial score (nSPS) is 30.0. The van der Waals surface area contributed by atoms with Crippen molar-refractivity contribution in [1.82, 2.24) is 0 Å². The van der Waals surface area contributed by atoms with Gasteiger partial charge in [-0.3, -0.25) is 4.79 Å². The van der Waals surface area contributed by atoms with Crippen molar-refractivity contribution >= 4 is 5.97 Å². The highest BCUT2D eigenvalue weighted by atomic mass is 17.2. The van der Waals surface area contributed by atoms with Gasteiger partial charge in [0, 0.05) is 0 Å². The Balaban J connectivity index is 2.67. The number of hydrogen-bond acceptors (Lipinski definition) is 3. The van der Waals surface area contributed by atoms with Gasteiger partial charge in [-0.2, -0.15) is 0 Å². The first-order valence-electron chi connectivity index (χ1n) is 9.95. The van der Waals surface area contributed by atoms with Crippen LogP contribution in [0.3, 0.4) is 0 Å². The van der Waals surface area contributed by atoms with Crippen LogP contribution in [-0.4, -0.2) is 22.8 Å². The first kappa shape index (κ1) is 21.4. The number of aliphatic carboxylic acids is 1. The van der Waals surface area contributed by atoms with Crippen LogP contribution in [0.1, 0.15) is 92.4 Å². The van der Waals surface area contributed by atoms with Crippen molar-refractivity contribution in [3.63, 3.8) is 0 Å². The molecule has 0 aromatic heterocycles. The van der Waals surface area contributed by atoms with Crippen LogP contribution in [0.15, 0.2) is 0 Å². The number of carboxylic acid groups (broad SMARTS) is 1. The van der Waals surface area contributed by atoms with E-state index in [-0.39, 0.29) is 24.0 Å². The summed E-state index contributed by atoms with van der Waals surface area (Å²) in [7, 11) is 0. The van der Waals surface area contributed by atoms with E-state index in [1.807, 2.05) is 0 Å². The van der Waals surface area contributed by atoms with Crippen molar-refractivity contribution in [2.45, 2.75) is 104 Å². The van der Waals surface area contributed by atoms with Crippen molar-refractivity contribution in [3.05, 3.63) is 0 Å². The van der Waals surface area contributed by atoms with E-state index in [4.69, 9.17) is 14.9 Å². The predicted octanol–water partition coefficient (Wildman–Crippen LogP) is 5.60. The fraction of sp³-hybridized carbons (Fsp3) is 0.950. The molecule has 4 heteroatoms. The van der Waals surface area contributed by atoms with Gasteiger partial charge in [0.25, 0.3) is 0 Å². The summed E-state index contributed by atoms with van der Waals surface area (Å²) >= 11 is 0. The molecule has 1 rings (SSSR count). The van der Waals surface area contributed by atoms with Crippen molar-refractivity contribution in [2.75, 3.05) is 0 Å². The maximum Gasteiger partial charge on any atom is 0.306 e. The molecule has 1 saturated heterocycles. The van der Waals surface area contributed by atoms with Gasteiger partial charge in [-0.25, -0.2) is 9.78 Å². The third-order valence-electron chi connectivity index (χ3n) is 5.78. The molecule has 0 saturated carbocycles. The molecule has 0 aromatic carbocycles. The van der Waals surface area contributed by atoms with Crippen molar-refractivity contribution < 1.29 is 19.7 Å². The minimum Gasteiger partial charge on any atom is -0.481 e. The van der Waals surface area contributed by atoms with Crippen LogP contribution in [0.25, 0.3) is 0 Å². The zero-order chi connectivity index (χ0) is 18.2. The molecule has 0 aromatic rings. The van der Waals surface area contributed by atoms with Gasteiger partial charge in [-0.05, 0) is 43.4 Å². The van der Waals surface area contributed by atoms with Gasteiger partial charge in [0.15, 0.2) is 0 Å². The second-order valence-corrected chi connectivity index (χ2v) is 7.83. The fourth-order valence-corrected chi connectivity index (χ4v) is 4.32. The molecule has 0 aliphatic carbocycles. The van der Waals surface area contributed by atoms with E-state index >= 15 is 0 Å². The highest BCUT2D eigenvalue weighted by molar-refractivity contribution is 5.67. The van der Waals surface area contributed by atoms with Gasteiger partial charge in [0.2, 0.25) is 0 Å². The van der Waals surface area contributed by atoms with Crippen LogP contribution in [0.2, 0.25) is 0 Å². The Bertz CT molecular complexity index is 371. The molecule has 5 unspecified atom stereocenters. The van der Waals surface area contributed by atoms with Crippen LogP contribution in [0, 0.1) is 17.8 Å². The van der Waals surface area contributed by atoms with Gasteiger partial charge >= 0.3 is 5.97 Å². The third-order valence-corrected chi connectivity index (χ3v) is 5.78. The Morgan fingerprint density at radius 3 is 2.50 bits per heavy atom. The summed E-state index contributed by atoms with van der Waals surface area (Å²) in [4.78, 5) is 22.5. The molecule has 5 atom stereocenters. The first-order valence-corrected chi connectivity index (χ1v) is 9.95. The summed E-state index contributed by atoms with van der Waals surface area (Å²) in [6.07, 6.45) is 8.51. The molecule has 1 aliphatic heterocycles. The van der Waals surface area contributed by atoms with Crippen molar-refractivity contribution in [3.8, 4) is 0 Å². The lowest BCUT2D eigenvalue weighted by Crippen LogP contribution is -2.46. The molecular formula is C20H38O4. The molecule has 142 valence electrons. The summed E-state index contributed by atoms with van der Waals surface area (Å²) in [5, 5.41) is 9.05. The number of carboxylic acids is 1. The topological polar surface area (TPSA) is 55.8 Å².